The molecule has 0 fully saturated rings. The number of carbonyl (C=O) groups is 2. The van der Waals surface area contributed by atoms with Crippen molar-refractivity contribution in [3.05, 3.63) is 99.0 Å². The maximum atomic E-state index is 13.9. The summed E-state index contributed by atoms with van der Waals surface area (Å²) in [6.07, 6.45) is 0.215. The van der Waals surface area contributed by atoms with Crippen LogP contribution in [0.5, 0.6) is 0 Å². The van der Waals surface area contributed by atoms with Crippen LogP contribution in [-0.4, -0.2) is 65.9 Å². The average molecular weight is 584 g/mol. The van der Waals surface area contributed by atoms with E-state index in [-0.39, 0.29) is 17.9 Å². The number of benzene rings is 3. The standard InChI is InChI=1S/C29H32BrClN4O2/c1-4-26(34(17-16-33(2)3)28(36)21-10-12-22(30)13-11-21)27-32-25-18-23(31)14-15-24(25)29(37)35(27)19-20-8-6-5-7-9-20/h5-15,18,26-27,32H,4,16-17,19H2,1-3H3. The lowest BCUT2D eigenvalue weighted by Gasteiger charge is -2.46. The zero-order valence-corrected chi connectivity index (χ0v) is 23.7. The lowest BCUT2D eigenvalue weighted by molar-refractivity contribution is 0.0394. The Morgan fingerprint density at radius 3 is 2.41 bits per heavy atom. The molecule has 194 valence electrons. The summed E-state index contributed by atoms with van der Waals surface area (Å²) in [6, 6.07) is 22.3. The molecule has 0 saturated heterocycles. The molecule has 0 bridgehead atoms. The van der Waals surface area contributed by atoms with Gasteiger partial charge in [0, 0.05) is 34.7 Å². The van der Waals surface area contributed by atoms with E-state index in [1.165, 1.54) is 0 Å². The van der Waals surface area contributed by atoms with Crippen molar-refractivity contribution < 1.29 is 9.59 Å². The minimum atomic E-state index is -0.440. The maximum absolute atomic E-state index is 13.9. The molecule has 0 aromatic heterocycles. The number of anilines is 1. The van der Waals surface area contributed by atoms with E-state index in [4.69, 9.17) is 11.6 Å². The molecule has 0 saturated carbocycles. The van der Waals surface area contributed by atoms with Crippen LogP contribution in [0.2, 0.25) is 5.02 Å². The monoisotopic (exact) mass is 582 g/mol. The van der Waals surface area contributed by atoms with Crippen molar-refractivity contribution in [1.82, 2.24) is 14.7 Å². The fourth-order valence-corrected chi connectivity index (χ4v) is 5.13. The summed E-state index contributed by atoms with van der Waals surface area (Å²) in [6.45, 7) is 3.70. The van der Waals surface area contributed by atoms with Gasteiger partial charge in [-0.25, -0.2) is 0 Å². The molecular formula is C29H32BrClN4O2. The Bertz CT molecular complexity index is 1240. The molecule has 1 aliphatic heterocycles. The number of likely N-dealkylation sites (N-methyl/N-ethyl adjacent to an activating group) is 1. The molecule has 0 aliphatic carbocycles. The van der Waals surface area contributed by atoms with Crippen molar-refractivity contribution in [2.75, 3.05) is 32.5 Å². The number of amides is 2. The number of hydrogen-bond acceptors (Lipinski definition) is 4. The van der Waals surface area contributed by atoms with Gasteiger partial charge < -0.3 is 20.0 Å². The van der Waals surface area contributed by atoms with Crippen molar-refractivity contribution in [2.24, 2.45) is 0 Å². The van der Waals surface area contributed by atoms with Crippen LogP contribution in [0, 0.1) is 0 Å². The minimum absolute atomic E-state index is 0.0630. The highest BCUT2D eigenvalue weighted by Crippen LogP contribution is 2.32. The van der Waals surface area contributed by atoms with E-state index < -0.39 is 6.17 Å². The van der Waals surface area contributed by atoms with Crippen LogP contribution in [0.25, 0.3) is 0 Å². The number of carbonyl (C=O) groups excluding carboxylic acids is 2. The van der Waals surface area contributed by atoms with Gasteiger partial charge in [0.1, 0.15) is 6.17 Å². The van der Waals surface area contributed by atoms with Crippen LogP contribution in [-0.2, 0) is 6.54 Å². The zero-order chi connectivity index (χ0) is 26.5. The van der Waals surface area contributed by atoms with Crippen molar-refractivity contribution >= 4 is 45.0 Å². The summed E-state index contributed by atoms with van der Waals surface area (Å²) in [5, 5.41) is 4.13. The number of nitrogens with zero attached hydrogens (tertiary/aromatic N) is 3. The summed E-state index contributed by atoms with van der Waals surface area (Å²) < 4.78 is 0.915. The second-order valence-electron chi connectivity index (χ2n) is 9.48. The van der Waals surface area contributed by atoms with E-state index >= 15 is 0 Å². The van der Waals surface area contributed by atoms with E-state index in [2.05, 4.69) is 33.1 Å². The highest BCUT2D eigenvalue weighted by molar-refractivity contribution is 9.10. The molecule has 1 N–H and O–H groups in total. The van der Waals surface area contributed by atoms with Gasteiger partial charge in [-0.3, -0.25) is 9.59 Å². The zero-order valence-electron chi connectivity index (χ0n) is 21.3. The minimum Gasteiger partial charge on any atom is -0.363 e. The second kappa shape index (κ2) is 12.1. The summed E-state index contributed by atoms with van der Waals surface area (Å²) in [5.74, 6) is -0.145. The fraction of sp³-hybridized carbons (Fsp3) is 0.310. The predicted molar refractivity (Wildman–Crippen MR) is 153 cm³/mol. The van der Waals surface area contributed by atoms with Crippen LogP contribution in [0.3, 0.4) is 0 Å². The lowest BCUT2D eigenvalue weighted by atomic mass is 9.99. The lowest BCUT2D eigenvalue weighted by Crippen LogP contribution is -2.60. The van der Waals surface area contributed by atoms with Crippen molar-refractivity contribution in [3.63, 3.8) is 0 Å². The number of hydrogen-bond donors (Lipinski definition) is 1. The smallest absolute Gasteiger partial charge is 0.257 e. The topological polar surface area (TPSA) is 55.9 Å². The van der Waals surface area contributed by atoms with Crippen LogP contribution in [0.15, 0.2) is 77.3 Å². The Kier molecular flexibility index (Phi) is 8.90. The summed E-state index contributed by atoms with van der Waals surface area (Å²) in [7, 11) is 3.98. The van der Waals surface area contributed by atoms with Gasteiger partial charge in [0.25, 0.3) is 11.8 Å². The number of fused-ring (bicyclic) bond motifs is 1. The van der Waals surface area contributed by atoms with Gasteiger partial charge in [0.15, 0.2) is 0 Å². The van der Waals surface area contributed by atoms with Crippen molar-refractivity contribution in [3.8, 4) is 0 Å². The molecule has 3 aromatic rings. The molecule has 0 radical (unpaired) electrons. The Morgan fingerprint density at radius 2 is 1.76 bits per heavy atom. The normalized spacial score (nSPS) is 15.8. The third-order valence-electron chi connectivity index (χ3n) is 6.63. The molecular weight excluding hydrogens is 552 g/mol. The van der Waals surface area contributed by atoms with Crippen LogP contribution >= 0.6 is 27.5 Å². The Hall–Kier alpha value is -2.87. The van der Waals surface area contributed by atoms with Gasteiger partial charge in [-0.05, 0) is 68.5 Å². The Labute approximate surface area is 232 Å². The van der Waals surface area contributed by atoms with Gasteiger partial charge in [-0.2, -0.15) is 0 Å². The molecule has 6 nitrogen and oxygen atoms in total. The van der Waals surface area contributed by atoms with Crippen LogP contribution in [0.1, 0.15) is 39.6 Å². The van der Waals surface area contributed by atoms with Gasteiger partial charge in [-0.1, -0.05) is 64.8 Å². The van der Waals surface area contributed by atoms with Crippen molar-refractivity contribution in [2.45, 2.75) is 32.1 Å². The van der Waals surface area contributed by atoms with E-state index in [0.29, 0.717) is 47.9 Å². The maximum Gasteiger partial charge on any atom is 0.257 e. The molecule has 37 heavy (non-hydrogen) atoms. The summed E-state index contributed by atoms with van der Waals surface area (Å²) in [5.41, 5.74) is 2.90. The van der Waals surface area contributed by atoms with Gasteiger partial charge in [0.2, 0.25) is 0 Å². The van der Waals surface area contributed by atoms with Gasteiger partial charge in [0.05, 0.1) is 17.3 Å². The molecule has 0 spiro atoms. The molecule has 4 rings (SSSR count). The first-order valence-electron chi connectivity index (χ1n) is 12.4. The summed E-state index contributed by atoms with van der Waals surface area (Å²) >= 11 is 9.76. The van der Waals surface area contributed by atoms with E-state index in [9.17, 15) is 9.59 Å². The number of rotatable bonds is 9. The van der Waals surface area contributed by atoms with Gasteiger partial charge in [-0.15, -0.1) is 0 Å². The molecule has 2 atom stereocenters. The SMILES string of the molecule is CCC(C1Nc2cc(Cl)ccc2C(=O)N1Cc1ccccc1)N(CCN(C)C)C(=O)c1ccc(Br)cc1. The third kappa shape index (κ3) is 6.35. The third-order valence-corrected chi connectivity index (χ3v) is 7.39. The molecule has 1 heterocycles. The van der Waals surface area contributed by atoms with Crippen LogP contribution in [0.4, 0.5) is 5.69 Å². The van der Waals surface area contributed by atoms with Crippen LogP contribution < -0.4 is 5.32 Å². The molecule has 8 heteroatoms. The van der Waals surface area contributed by atoms with E-state index in [1.54, 1.807) is 18.2 Å². The largest absolute Gasteiger partial charge is 0.363 e. The Morgan fingerprint density at radius 1 is 1.05 bits per heavy atom. The van der Waals surface area contributed by atoms with Gasteiger partial charge >= 0.3 is 0 Å². The Balaban J connectivity index is 1.76. The second-order valence-corrected chi connectivity index (χ2v) is 10.8. The molecule has 2 unspecified atom stereocenters. The predicted octanol–water partition coefficient (Wildman–Crippen LogP) is 5.98. The number of nitrogens with one attached hydrogen (secondary N) is 1. The molecule has 3 aromatic carbocycles. The highest BCUT2D eigenvalue weighted by atomic mass is 79.9. The molecule has 2 amide bonds. The summed E-state index contributed by atoms with van der Waals surface area (Å²) in [4.78, 5) is 33.6. The average Bonchev–Trinajstić information content (AvgIpc) is 2.88. The number of halogens is 2. The first kappa shape index (κ1) is 27.2. The quantitative estimate of drug-likeness (QED) is 0.337. The highest BCUT2D eigenvalue weighted by Gasteiger charge is 2.40. The van der Waals surface area contributed by atoms with Crippen molar-refractivity contribution in [1.29, 1.82) is 0 Å². The molecule has 1 aliphatic rings. The fourth-order valence-electron chi connectivity index (χ4n) is 4.69. The van der Waals surface area contributed by atoms with E-state index in [1.807, 2.05) is 78.5 Å². The van der Waals surface area contributed by atoms with E-state index in [0.717, 1.165) is 10.0 Å². The first-order chi connectivity index (χ1) is 17.8. The first-order valence-corrected chi connectivity index (χ1v) is 13.6.